The van der Waals surface area contributed by atoms with Crippen LogP contribution in [-0.2, 0) is 11.0 Å². The van der Waals surface area contributed by atoms with E-state index in [0.29, 0.717) is 12.3 Å². The van der Waals surface area contributed by atoms with Crippen LogP contribution in [0, 0.1) is 17.2 Å². The number of nitrogens with zero attached hydrogens (tertiary/aromatic N) is 1. The summed E-state index contributed by atoms with van der Waals surface area (Å²) in [7, 11) is 0. The summed E-state index contributed by atoms with van der Waals surface area (Å²) in [5.74, 6) is -0.775. The number of nitrogens with one attached hydrogen (secondary N) is 2. The maximum atomic E-state index is 12.6. The predicted molar refractivity (Wildman–Crippen MR) is 92.5 cm³/mol. The Morgan fingerprint density at radius 1 is 1.15 bits per heavy atom. The first-order chi connectivity index (χ1) is 12.8. The zero-order valence-electron chi connectivity index (χ0n) is 14.8. The number of halogens is 3. The van der Waals surface area contributed by atoms with Gasteiger partial charge in [0.15, 0.2) is 0 Å². The van der Waals surface area contributed by atoms with E-state index in [4.69, 9.17) is 5.26 Å². The van der Waals surface area contributed by atoms with Gasteiger partial charge < -0.3 is 10.6 Å². The van der Waals surface area contributed by atoms with Crippen molar-refractivity contribution in [1.82, 2.24) is 10.6 Å². The van der Waals surface area contributed by atoms with Crippen LogP contribution in [0.2, 0.25) is 0 Å². The monoisotopic (exact) mass is 381 g/mol. The van der Waals surface area contributed by atoms with Crippen LogP contribution in [0.1, 0.15) is 54.4 Å². The second-order valence-electron chi connectivity index (χ2n) is 6.72. The SMILES string of the molecule is N#CCNC(=O)[C@H](CC1CCCCC1)NC(=O)c1ccc(C(F)(F)F)cc1. The number of nitriles is 1. The number of amides is 2. The summed E-state index contributed by atoms with van der Waals surface area (Å²) in [5.41, 5.74) is -0.797. The fourth-order valence-corrected chi connectivity index (χ4v) is 3.29. The molecule has 0 radical (unpaired) electrons. The van der Waals surface area contributed by atoms with Crippen molar-refractivity contribution in [3.05, 3.63) is 35.4 Å². The molecule has 0 aliphatic heterocycles. The Bertz CT molecular complexity index is 690. The van der Waals surface area contributed by atoms with Gasteiger partial charge in [-0.2, -0.15) is 18.4 Å². The lowest BCUT2D eigenvalue weighted by atomic mass is 9.84. The number of benzene rings is 1. The minimum absolute atomic E-state index is 0.0460. The topological polar surface area (TPSA) is 82.0 Å². The van der Waals surface area contributed by atoms with E-state index in [1.54, 1.807) is 0 Å². The van der Waals surface area contributed by atoms with Gasteiger partial charge >= 0.3 is 6.18 Å². The normalized spacial score (nSPS) is 16.2. The Morgan fingerprint density at radius 3 is 2.33 bits per heavy atom. The van der Waals surface area contributed by atoms with Gasteiger partial charge in [-0.25, -0.2) is 0 Å². The smallest absolute Gasteiger partial charge is 0.341 e. The molecule has 5 nitrogen and oxygen atoms in total. The van der Waals surface area contributed by atoms with Crippen molar-refractivity contribution in [2.24, 2.45) is 5.92 Å². The molecule has 1 fully saturated rings. The molecule has 146 valence electrons. The first-order valence-electron chi connectivity index (χ1n) is 8.94. The van der Waals surface area contributed by atoms with Gasteiger partial charge in [0, 0.05) is 5.56 Å². The highest BCUT2D eigenvalue weighted by molar-refractivity contribution is 5.97. The molecule has 0 bridgehead atoms. The van der Waals surface area contributed by atoms with Crippen molar-refractivity contribution in [2.75, 3.05) is 6.54 Å². The van der Waals surface area contributed by atoms with E-state index in [0.717, 1.165) is 56.4 Å². The van der Waals surface area contributed by atoms with Crippen molar-refractivity contribution < 1.29 is 22.8 Å². The van der Waals surface area contributed by atoms with Gasteiger partial charge in [0.05, 0.1) is 11.6 Å². The van der Waals surface area contributed by atoms with Crippen LogP contribution in [0.15, 0.2) is 24.3 Å². The van der Waals surface area contributed by atoms with E-state index in [1.807, 2.05) is 6.07 Å². The fourth-order valence-electron chi connectivity index (χ4n) is 3.29. The molecule has 0 aromatic heterocycles. The first kappa shape index (κ1) is 20.7. The lowest BCUT2D eigenvalue weighted by molar-refractivity contribution is -0.137. The third-order valence-electron chi connectivity index (χ3n) is 4.73. The van der Waals surface area contributed by atoms with Crippen LogP contribution >= 0.6 is 0 Å². The molecule has 1 atom stereocenters. The molecule has 2 N–H and O–H groups in total. The van der Waals surface area contributed by atoms with Gasteiger partial charge in [-0.05, 0) is 36.6 Å². The van der Waals surface area contributed by atoms with E-state index in [9.17, 15) is 22.8 Å². The molecular weight excluding hydrogens is 359 g/mol. The van der Waals surface area contributed by atoms with Gasteiger partial charge in [0.2, 0.25) is 5.91 Å². The van der Waals surface area contributed by atoms with Gasteiger partial charge in [-0.1, -0.05) is 32.1 Å². The van der Waals surface area contributed by atoms with E-state index >= 15 is 0 Å². The molecule has 1 aliphatic carbocycles. The molecule has 0 unspecified atom stereocenters. The molecule has 27 heavy (non-hydrogen) atoms. The largest absolute Gasteiger partial charge is 0.416 e. The molecule has 0 heterocycles. The Kier molecular flexibility index (Phi) is 7.22. The van der Waals surface area contributed by atoms with Crippen molar-refractivity contribution in [3.63, 3.8) is 0 Å². The summed E-state index contributed by atoms with van der Waals surface area (Å²) in [6.45, 7) is -0.170. The lowest BCUT2D eigenvalue weighted by Crippen LogP contribution is -2.48. The van der Waals surface area contributed by atoms with E-state index in [2.05, 4.69) is 10.6 Å². The standard InChI is InChI=1S/C19H22F3N3O2/c20-19(21,22)15-8-6-14(7-9-15)17(26)25-16(18(27)24-11-10-23)12-13-4-2-1-3-5-13/h6-9,13,16H,1-5,11-12H2,(H,24,27)(H,25,26)/t16-/m0/s1. The Labute approximate surface area is 155 Å². The number of hydrogen-bond acceptors (Lipinski definition) is 3. The molecule has 0 spiro atoms. The minimum atomic E-state index is -4.48. The van der Waals surface area contributed by atoms with Crippen molar-refractivity contribution in [1.29, 1.82) is 5.26 Å². The molecule has 2 rings (SSSR count). The second-order valence-corrected chi connectivity index (χ2v) is 6.72. The number of rotatable bonds is 6. The fraction of sp³-hybridized carbons (Fsp3) is 0.526. The maximum Gasteiger partial charge on any atom is 0.416 e. The van der Waals surface area contributed by atoms with Crippen LogP contribution < -0.4 is 10.6 Å². The van der Waals surface area contributed by atoms with E-state index in [1.165, 1.54) is 0 Å². The van der Waals surface area contributed by atoms with Gasteiger partial charge in [-0.15, -0.1) is 0 Å². The quantitative estimate of drug-likeness (QED) is 0.741. The van der Waals surface area contributed by atoms with E-state index in [-0.39, 0.29) is 12.1 Å². The van der Waals surface area contributed by atoms with Crippen LogP contribution in [0.25, 0.3) is 0 Å². The van der Waals surface area contributed by atoms with Gasteiger partial charge in [0.25, 0.3) is 5.91 Å². The predicted octanol–water partition coefficient (Wildman–Crippen LogP) is 3.41. The Hall–Kier alpha value is -2.56. The zero-order chi connectivity index (χ0) is 19.9. The summed E-state index contributed by atoms with van der Waals surface area (Å²) in [4.78, 5) is 24.7. The van der Waals surface area contributed by atoms with Crippen LogP contribution in [0.3, 0.4) is 0 Å². The van der Waals surface area contributed by atoms with Gasteiger partial charge in [0.1, 0.15) is 12.6 Å². The maximum absolute atomic E-state index is 12.6. The Morgan fingerprint density at radius 2 is 1.78 bits per heavy atom. The molecule has 1 aromatic carbocycles. The molecule has 8 heteroatoms. The van der Waals surface area contributed by atoms with E-state index < -0.39 is 29.6 Å². The first-order valence-corrected chi connectivity index (χ1v) is 8.94. The second kappa shape index (κ2) is 9.40. The van der Waals surface area contributed by atoms with Crippen molar-refractivity contribution in [2.45, 2.75) is 50.7 Å². The number of carbonyl (C=O) groups excluding carboxylic acids is 2. The summed E-state index contributed by atoms with van der Waals surface area (Å²) in [6.07, 6.45) is 1.21. The lowest BCUT2D eigenvalue weighted by Gasteiger charge is -2.26. The third-order valence-corrected chi connectivity index (χ3v) is 4.73. The van der Waals surface area contributed by atoms with Crippen molar-refractivity contribution >= 4 is 11.8 Å². The average Bonchev–Trinajstić information content (AvgIpc) is 2.65. The highest BCUT2D eigenvalue weighted by Crippen LogP contribution is 2.29. The van der Waals surface area contributed by atoms with Crippen LogP contribution in [0.5, 0.6) is 0 Å². The van der Waals surface area contributed by atoms with Crippen LogP contribution in [0.4, 0.5) is 13.2 Å². The highest BCUT2D eigenvalue weighted by Gasteiger charge is 2.31. The number of alkyl halides is 3. The third kappa shape index (κ3) is 6.27. The molecule has 1 saturated carbocycles. The number of carbonyl (C=O) groups is 2. The summed E-state index contributed by atoms with van der Waals surface area (Å²) >= 11 is 0. The average molecular weight is 381 g/mol. The minimum Gasteiger partial charge on any atom is -0.341 e. The molecule has 0 saturated heterocycles. The van der Waals surface area contributed by atoms with Gasteiger partial charge in [-0.3, -0.25) is 9.59 Å². The van der Waals surface area contributed by atoms with Crippen LogP contribution in [-0.4, -0.2) is 24.4 Å². The summed E-state index contributed by atoms with van der Waals surface area (Å²) < 4.78 is 37.9. The van der Waals surface area contributed by atoms with Crippen molar-refractivity contribution in [3.8, 4) is 6.07 Å². The molecule has 1 aliphatic rings. The summed E-state index contributed by atoms with van der Waals surface area (Å²) in [6, 6.07) is 4.83. The number of hydrogen-bond donors (Lipinski definition) is 2. The Balaban J connectivity index is 2.06. The molecule has 1 aromatic rings. The molecular formula is C19H22F3N3O2. The summed E-state index contributed by atoms with van der Waals surface area (Å²) in [5, 5.41) is 13.7. The highest BCUT2D eigenvalue weighted by atomic mass is 19.4. The molecule has 2 amide bonds. The zero-order valence-corrected chi connectivity index (χ0v) is 14.8.